The first kappa shape index (κ1) is 15.0. The molecule has 0 fully saturated rings. The smallest absolute Gasteiger partial charge is 0.274 e. The lowest BCUT2D eigenvalue weighted by atomic mass is 10.2. The molecule has 1 aromatic heterocycles. The number of carbonyl (C=O) groups excluding carboxylic acids is 1. The van der Waals surface area contributed by atoms with Crippen molar-refractivity contribution in [1.82, 2.24) is 14.5 Å². The number of hydrogen-bond donors (Lipinski definition) is 0. The van der Waals surface area contributed by atoms with E-state index in [1.54, 1.807) is 11.8 Å². The predicted molar refractivity (Wildman–Crippen MR) is 71.2 cm³/mol. The maximum atomic E-state index is 12.1. The Kier molecular flexibility index (Phi) is 5.16. The number of rotatable bonds is 4. The third-order valence-corrected chi connectivity index (χ3v) is 3.47. The number of hydrogen-bond acceptors (Lipinski definition) is 3. The van der Waals surface area contributed by atoms with Crippen molar-refractivity contribution in [3.8, 4) is 0 Å². The molecule has 7 heteroatoms. The van der Waals surface area contributed by atoms with Gasteiger partial charge in [0.05, 0.1) is 0 Å². The summed E-state index contributed by atoms with van der Waals surface area (Å²) in [6.45, 7) is 6.56. The van der Waals surface area contributed by atoms with E-state index in [1.165, 1.54) is 10.9 Å². The van der Waals surface area contributed by atoms with Crippen LogP contribution in [0.1, 0.15) is 26.8 Å². The van der Waals surface area contributed by atoms with Crippen LogP contribution in [-0.2, 0) is 4.79 Å². The molecule has 0 saturated carbocycles. The van der Waals surface area contributed by atoms with E-state index in [0.29, 0.717) is 13.1 Å². The average molecular weight is 292 g/mol. The van der Waals surface area contributed by atoms with Gasteiger partial charge in [0.2, 0.25) is 5.91 Å². The first-order valence-electron chi connectivity index (χ1n) is 5.64. The van der Waals surface area contributed by atoms with Gasteiger partial charge in [-0.1, -0.05) is 23.2 Å². The van der Waals surface area contributed by atoms with Crippen LogP contribution in [0.5, 0.6) is 0 Å². The Morgan fingerprint density at radius 3 is 2.50 bits per heavy atom. The Morgan fingerprint density at radius 2 is 2.00 bits per heavy atom. The van der Waals surface area contributed by atoms with E-state index in [1.807, 2.05) is 13.8 Å². The van der Waals surface area contributed by atoms with E-state index >= 15 is 0 Å². The van der Waals surface area contributed by atoms with Gasteiger partial charge in [0.25, 0.3) is 5.56 Å². The molecule has 5 nitrogen and oxygen atoms in total. The molecule has 0 bridgehead atoms. The Labute approximate surface area is 115 Å². The first-order valence-corrected chi connectivity index (χ1v) is 6.40. The fourth-order valence-corrected chi connectivity index (χ4v) is 1.89. The molecule has 1 atom stereocenters. The summed E-state index contributed by atoms with van der Waals surface area (Å²) >= 11 is 11.4. The molecule has 0 radical (unpaired) electrons. The molecular formula is C11H15Cl2N3O2. The number of aromatic nitrogens is 2. The monoisotopic (exact) mass is 291 g/mol. The number of amides is 1. The second-order valence-corrected chi connectivity index (χ2v) is 4.48. The van der Waals surface area contributed by atoms with Gasteiger partial charge in [-0.25, -0.2) is 4.98 Å². The molecule has 0 saturated heterocycles. The average Bonchev–Trinajstić information content (AvgIpc) is 2.36. The molecule has 0 aromatic carbocycles. The fraction of sp³-hybridized carbons (Fsp3) is 0.545. The van der Waals surface area contributed by atoms with Crippen LogP contribution in [0.4, 0.5) is 0 Å². The first-order chi connectivity index (χ1) is 8.43. The Bertz CT molecular complexity index is 498. The molecule has 18 heavy (non-hydrogen) atoms. The van der Waals surface area contributed by atoms with Gasteiger partial charge in [-0.3, -0.25) is 14.2 Å². The summed E-state index contributed by atoms with van der Waals surface area (Å²) in [5.41, 5.74) is -0.510. The Balaban J connectivity index is 3.12. The molecule has 100 valence electrons. The summed E-state index contributed by atoms with van der Waals surface area (Å²) in [6.07, 6.45) is 1.24. The van der Waals surface area contributed by atoms with Gasteiger partial charge in [-0.15, -0.1) is 0 Å². The van der Waals surface area contributed by atoms with Gasteiger partial charge in [0, 0.05) is 13.1 Å². The fourth-order valence-electron chi connectivity index (χ4n) is 1.62. The van der Waals surface area contributed by atoms with Crippen molar-refractivity contribution in [3.05, 3.63) is 26.9 Å². The molecule has 0 spiro atoms. The van der Waals surface area contributed by atoms with Crippen molar-refractivity contribution in [2.75, 3.05) is 13.1 Å². The minimum absolute atomic E-state index is 0.0552. The maximum Gasteiger partial charge on any atom is 0.274 e. The van der Waals surface area contributed by atoms with E-state index in [-0.39, 0.29) is 16.1 Å². The molecule has 0 aliphatic rings. The van der Waals surface area contributed by atoms with Gasteiger partial charge in [0.1, 0.15) is 17.4 Å². The van der Waals surface area contributed by atoms with Gasteiger partial charge >= 0.3 is 0 Å². The highest BCUT2D eigenvalue weighted by atomic mass is 35.5. The summed E-state index contributed by atoms with van der Waals surface area (Å²) in [7, 11) is 0. The SMILES string of the molecule is CCN(CC)C(=O)C(C)n1cnc(Cl)c(Cl)c1=O. The van der Waals surface area contributed by atoms with E-state index in [0.717, 1.165) is 0 Å². The zero-order valence-electron chi connectivity index (χ0n) is 10.5. The molecule has 0 aliphatic heterocycles. The van der Waals surface area contributed by atoms with Crippen molar-refractivity contribution in [2.45, 2.75) is 26.8 Å². The van der Waals surface area contributed by atoms with Crippen LogP contribution in [0.2, 0.25) is 10.2 Å². The summed E-state index contributed by atoms with van der Waals surface area (Å²) in [6, 6.07) is -0.653. The third kappa shape index (κ3) is 2.84. The largest absolute Gasteiger partial charge is 0.341 e. The van der Waals surface area contributed by atoms with Gasteiger partial charge in [0.15, 0.2) is 5.15 Å². The van der Waals surface area contributed by atoms with Gasteiger partial charge in [-0.05, 0) is 20.8 Å². The van der Waals surface area contributed by atoms with Crippen molar-refractivity contribution < 1.29 is 4.79 Å². The number of halogens is 2. The van der Waals surface area contributed by atoms with Crippen LogP contribution in [0.3, 0.4) is 0 Å². The second-order valence-electron chi connectivity index (χ2n) is 3.75. The topological polar surface area (TPSA) is 55.2 Å². The maximum absolute atomic E-state index is 12.1. The second kappa shape index (κ2) is 6.20. The normalized spacial score (nSPS) is 12.3. The number of nitrogens with zero attached hydrogens (tertiary/aromatic N) is 3. The van der Waals surface area contributed by atoms with Crippen LogP contribution in [0, 0.1) is 0 Å². The Hall–Kier alpha value is -1.07. The molecule has 1 unspecified atom stereocenters. The van der Waals surface area contributed by atoms with Crippen molar-refractivity contribution in [1.29, 1.82) is 0 Å². The number of likely N-dealkylation sites (N-methyl/N-ethyl adjacent to an activating group) is 1. The molecule has 1 heterocycles. The van der Waals surface area contributed by atoms with E-state index < -0.39 is 11.6 Å². The van der Waals surface area contributed by atoms with Crippen LogP contribution < -0.4 is 5.56 Å². The highest BCUT2D eigenvalue weighted by Crippen LogP contribution is 2.15. The molecule has 0 aliphatic carbocycles. The zero-order valence-corrected chi connectivity index (χ0v) is 12.0. The van der Waals surface area contributed by atoms with Crippen molar-refractivity contribution in [2.24, 2.45) is 0 Å². The lowest BCUT2D eigenvalue weighted by molar-refractivity contribution is -0.134. The summed E-state index contributed by atoms with van der Waals surface area (Å²) in [4.78, 5) is 29.4. The van der Waals surface area contributed by atoms with Gasteiger partial charge in [-0.2, -0.15) is 0 Å². The number of carbonyl (C=O) groups is 1. The Morgan fingerprint density at radius 1 is 1.44 bits per heavy atom. The summed E-state index contributed by atoms with van der Waals surface area (Å²) < 4.78 is 1.19. The molecule has 1 rings (SSSR count). The van der Waals surface area contributed by atoms with Crippen LogP contribution in [0.25, 0.3) is 0 Å². The summed E-state index contributed by atoms with van der Waals surface area (Å²) in [5, 5.41) is -0.223. The molecule has 1 aromatic rings. The van der Waals surface area contributed by atoms with Crippen molar-refractivity contribution >= 4 is 29.1 Å². The van der Waals surface area contributed by atoms with Crippen molar-refractivity contribution in [3.63, 3.8) is 0 Å². The third-order valence-electron chi connectivity index (χ3n) is 2.75. The highest BCUT2D eigenvalue weighted by Gasteiger charge is 2.22. The quantitative estimate of drug-likeness (QED) is 0.797. The molecule has 1 amide bonds. The minimum atomic E-state index is -0.653. The van der Waals surface area contributed by atoms with Crippen LogP contribution >= 0.6 is 23.2 Å². The standard InChI is InChI=1S/C11H15Cl2N3O2/c1-4-15(5-2)10(17)7(3)16-6-14-9(13)8(12)11(16)18/h6-7H,4-5H2,1-3H3. The molecular weight excluding hydrogens is 277 g/mol. The zero-order chi connectivity index (χ0) is 13.9. The van der Waals surface area contributed by atoms with E-state index in [4.69, 9.17) is 23.2 Å². The lowest BCUT2D eigenvalue weighted by Crippen LogP contribution is -2.39. The van der Waals surface area contributed by atoms with Gasteiger partial charge < -0.3 is 4.90 Å². The lowest BCUT2D eigenvalue weighted by Gasteiger charge is -2.23. The highest BCUT2D eigenvalue weighted by molar-refractivity contribution is 6.40. The molecule has 0 N–H and O–H groups in total. The van der Waals surface area contributed by atoms with Crippen LogP contribution in [0.15, 0.2) is 11.1 Å². The summed E-state index contributed by atoms with van der Waals surface area (Å²) in [5.74, 6) is -0.151. The van der Waals surface area contributed by atoms with Crippen LogP contribution in [-0.4, -0.2) is 33.4 Å². The predicted octanol–water partition coefficient (Wildman–Crippen LogP) is 1.98. The minimum Gasteiger partial charge on any atom is -0.341 e. The van der Waals surface area contributed by atoms with E-state index in [2.05, 4.69) is 4.98 Å². The van der Waals surface area contributed by atoms with E-state index in [9.17, 15) is 9.59 Å².